The average Bonchev–Trinajstić information content (AvgIpc) is 2.15. The minimum Gasteiger partial charge on any atom is -0.508 e. The fourth-order valence-electron chi connectivity index (χ4n) is 1.58. The van der Waals surface area contributed by atoms with Crippen molar-refractivity contribution in [3.8, 4) is 11.5 Å². The normalized spacial score (nSPS) is 14.7. The Bertz CT molecular complexity index is 339. The summed E-state index contributed by atoms with van der Waals surface area (Å²) < 4.78 is 0. The predicted octanol–water partition coefficient (Wildman–Crippen LogP) is 1.35. The zero-order chi connectivity index (χ0) is 12.1. The Morgan fingerprint density at radius 1 is 1.25 bits per heavy atom. The second-order valence-electron chi connectivity index (χ2n) is 4.18. The Hall–Kier alpha value is -1.26. The summed E-state index contributed by atoms with van der Waals surface area (Å²) in [4.78, 5) is 0. The second-order valence-corrected chi connectivity index (χ2v) is 4.18. The van der Waals surface area contributed by atoms with Gasteiger partial charge >= 0.3 is 0 Å². The largest absolute Gasteiger partial charge is 0.508 e. The van der Waals surface area contributed by atoms with Crippen LogP contribution in [0, 0.1) is 0 Å². The van der Waals surface area contributed by atoms with Gasteiger partial charge in [-0.15, -0.1) is 0 Å². The molecule has 0 fully saturated rings. The first-order chi connectivity index (χ1) is 7.49. The summed E-state index contributed by atoms with van der Waals surface area (Å²) in [6, 6.07) is 4.70. The lowest BCUT2D eigenvalue weighted by atomic mass is 10.1. The third kappa shape index (κ3) is 4.08. The summed E-state index contributed by atoms with van der Waals surface area (Å²) in [5.41, 5.74) is 0.732. The Labute approximate surface area is 95.6 Å². The standard InChI is InChI=1S/C12H19NO3/c1-8(5-9(2)14)13-7-10-3-4-11(15)6-12(10)16/h3-4,6,8-9,13-16H,5,7H2,1-2H3. The number of phenolic OH excluding ortho intramolecular Hbond substituents is 2. The van der Waals surface area contributed by atoms with Gasteiger partial charge in [0.05, 0.1) is 6.10 Å². The summed E-state index contributed by atoms with van der Waals surface area (Å²) in [6.45, 7) is 4.24. The number of hydrogen-bond donors (Lipinski definition) is 4. The van der Waals surface area contributed by atoms with Gasteiger partial charge in [-0.3, -0.25) is 0 Å². The molecule has 0 spiro atoms. The molecule has 0 aromatic heterocycles. The number of hydrogen-bond acceptors (Lipinski definition) is 4. The van der Waals surface area contributed by atoms with E-state index in [1.54, 1.807) is 13.0 Å². The number of aliphatic hydroxyl groups is 1. The third-order valence-electron chi connectivity index (χ3n) is 2.40. The first-order valence-corrected chi connectivity index (χ1v) is 5.41. The molecule has 2 unspecified atom stereocenters. The highest BCUT2D eigenvalue weighted by Gasteiger charge is 2.07. The van der Waals surface area contributed by atoms with Crippen molar-refractivity contribution < 1.29 is 15.3 Å². The van der Waals surface area contributed by atoms with E-state index in [1.165, 1.54) is 12.1 Å². The summed E-state index contributed by atoms with van der Waals surface area (Å²) in [5, 5.41) is 31.0. The number of rotatable bonds is 5. The van der Waals surface area contributed by atoms with Gasteiger partial charge in [-0.1, -0.05) is 6.07 Å². The van der Waals surface area contributed by atoms with Gasteiger partial charge < -0.3 is 20.6 Å². The lowest BCUT2D eigenvalue weighted by Gasteiger charge is -2.15. The molecule has 90 valence electrons. The van der Waals surface area contributed by atoms with Gasteiger partial charge in [0, 0.05) is 24.2 Å². The van der Waals surface area contributed by atoms with Gasteiger partial charge in [-0.2, -0.15) is 0 Å². The van der Waals surface area contributed by atoms with E-state index in [4.69, 9.17) is 5.11 Å². The fourth-order valence-corrected chi connectivity index (χ4v) is 1.58. The molecule has 0 amide bonds. The van der Waals surface area contributed by atoms with E-state index in [-0.39, 0.29) is 23.6 Å². The van der Waals surface area contributed by atoms with Crippen molar-refractivity contribution in [3.05, 3.63) is 23.8 Å². The quantitative estimate of drug-likeness (QED) is 0.610. The van der Waals surface area contributed by atoms with Crippen LogP contribution in [0.4, 0.5) is 0 Å². The van der Waals surface area contributed by atoms with Gasteiger partial charge in [0.25, 0.3) is 0 Å². The van der Waals surface area contributed by atoms with Crippen LogP contribution in [0.25, 0.3) is 0 Å². The first-order valence-electron chi connectivity index (χ1n) is 5.41. The van der Waals surface area contributed by atoms with Crippen molar-refractivity contribution in [2.24, 2.45) is 0 Å². The van der Waals surface area contributed by atoms with Crippen molar-refractivity contribution in [2.45, 2.75) is 39.0 Å². The molecule has 0 heterocycles. The highest BCUT2D eigenvalue weighted by Crippen LogP contribution is 2.22. The van der Waals surface area contributed by atoms with Crippen LogP contribution in [-0.2, 0) is 6.54 Å². The molecule has 0 aliphatic rings. The molecule has 1 aromatic rings. The molecule has 0 saturated heterocycles. The van der Waals surface area contributed by atoms with Crippen molar-refractivity contribution in [2.75, 3.05) is 0 Å². The lowest BCUT2D eigenvalue weighted by molar-refractivity contribution is 0.170. The smallest absolute Gasteiger partial charge is 0.123 e. The van der Waals surface area contributed by atoms with Crippen LogP contribution in [0.1, 0.15) is 25.8 Å². The van der Waals surface area contributed by atoms with Crippen LogP contribution in [0.3, 0.4) is 0 Å². The average molecular weight is 225 g/mol. The van der Waals surface area contributed by atoms with Crippen molar-refractivity contribution in [3.63, 3.8) is 0 Å². The predicted molar refractivity (Wildman–Crippen MR) is 62.4 cm³/mol. The maximum Gasteiger partial charge on any atom is 0.123 e. The summed E-state index contributed by atoms with van der Waals surface area (Å²) in [6.07, 6.45) is 0.328. The molecule has 1 rings (SSSR count). The molecule has 4 heteroatoms. The van der Waals surface area contributed by atoms with Crippen molar-refractivity contribution in [1.82, 2.24) is 5.32 Å². The Morgan fingerprint density at radius 3 is 2.50 bits per heavy atom. The van der Waals surface area contributed by atoms with E-state index in [2.05, 4.69) is 5.32 Å². The molecular weight excluding hydrogens is 206 g/mol. The topological polar surface area (TPSA) is 72.7 Å². The molecule has 2 atom stereocenters. The zero-order valence-corrected chi connectivity index (χ0v) is 9.64. The monoisotopic (exact) mass is 225 g/mol. The number of nitrogens with one attached hydrogen (secondary N) is 1. The SMILES string of the molecule is CC(O)CC(C)NCc1ccc(O)cc1O. The highest BCUT2D eigenvalue weighted by atomic mass is 16.3. The van der Waals surface area contributed by atoms with E-state index < -0.39 is 0 Å². The molecule has 0 saturated carbocycles. The Kier molecular flexibility index (Phi) is 4.58. The van der Waals surface area contributed by atoms with E-state index in [0.29, 0.717) is 13.0 Å². The van der Waals surface area contributed by atoms with Gasteiger partial charge in [0.1, 0.15) is 11.5 Å². The molecule has 16 heavy (non-hydrogen) atoms. The minimum absolute atomic E-state index is 0.0540. The van der Waals surface area contributed by atoms with Crippen LogP contribution >= 0.6 is 0 Å². The van der Waals surface area contributed by atoms with Gasteiger partial charge in [-0.25, -0.2) is 0 Å². The number of benzene rings is 1. The fraction of sp³-hybridized carbons (Fsp3) is 0.500. The number of aromatic hydroxyl groups is 2. The van der Waals surface area contributed by atoms with E-state index >= 15 is 0 Å². The maximum absolute atomic E-state index is 9.54. The Balaban J connectivity index is 2.48. The third-order valence-corrected chi connectivity index (χ3v) is 2.40. The molecule has 0 aliphatic carbocycles. The van der Waals surface area contributed by atoms with Crippen LogP contribution in [-0.4, -0.2) is 27.5 Å². The van der Waals surface area contributed by atoms with Crippen LogP contribution in [0.5, 0.6) is 11.5 Å². The van der Waals surface area contributed by atoms with Gasteiger partial charge in [-0.05, 0) is 26.3 Å². The van der Waals surface area contributed by atoms with Crippen molar-refractivity contribution >= 4 is 0 Å². The molecule has 0 aliphatic heterocycles. The van der Waals surface area contributed by atoms with Crippen LogP contribution < -0.4 is 5.32 Å². The summed E-state index contributed by atoms with van der Waals surface area (Å²) in [7, 11) is 0. The minimum atomic E-state index is -0.337. The van der Waals surface area contributed by atoms with Crippen LogP contribution in [0.2, 0.25) is 0 Å². The molecule has 0 radical (unpaired) electrons. The zero-order valence-electron chi connectivity index (χ0n) is 9.64. The Morgan fingerprint density at radius 2 is 1.94 bits per heavy atom. The second kappa shape index (κ2) is 5.72. The van der Waals surface area contributed by atoms with Gasteiger partial charge in [0.15, 0.2) is 0 Å². The number of aliphatic hydroxyl groups excluding tert-OH is 1. The summed E-state index contributed by atoms with van der Waals surface area (Å²) in [5.74, 6) is 0.134. The first kappa shape index (κ1) is 12.8. The lowest BCUT2D eigenvalue weighted by Crippen LogP contribution is -2.28. The highest BCUT2D eigenvalue weighted by molar-refractivity contribution is 5.38. The number of phenols is 2. The molecular formula is C12H19NO3. The van der Waals surface area contributed by atoms with Crippen LogP contribution in [0.15, 0.2) is 18.2 Å². The molecule has 1 aromatic carbocycles. The molecule has 4 N–H and O–H groups in total. The van der Waals surface area contributed by atoms with E-state index in [1.807, 2.05) is 6.92 Å². The van der Waals surface area contributed by atoms with Crippen molar-refractivity contribution in [1.29, 1.82) is 0 Å². The molecule has 0 bridgehead atoms. The molecule has 4 nitrogen and oxygen atoms in total. The van der Waals surface area contributed by atoms with E-state index in [0.717, 1.165) is 5.56 Å². The van der Waals surface area contributed by atoms with E-state index in [9.17, 15) is 10.2 Å². The van der Waals surface area contributed by atoms with Gasteiger partial charge in [0.2, 0.25) is 0 Å². The maximum atomic E-state index is 9.54. The summed E-state index contributed by atoms with van der Waals surface area (Å²) >= 11 is 0.